The highest BCUT2D eigenvalue weighted by Gasteiger charge is 1.94. The standard InChI is InChI=1S/C13H22N2/c1-12(14)7-5-6-10-15-11-13-8-3-2-4-9-13/h2-4,8-9,12,15H,5-7,10-11,14H2,1H3. The van der Waals surface area contributed by atoms with E-state index < -0.39 is 0 Å². The van der Waals surface area contributed by atoms with Crippen molar-refractivity contribution in [1.29, 1.82) is 0 Å². The molecule has 2 nitrogen and oxygen atoms in total. The average Bonchev–Trinajstić information content (AvgIpc) is 2.24. The highest BCUT2D eigenvalue weighted by Crippen LogP contribution is 1.99. The minimum atomic E-state index is 0.346. The molecule has 0 aliphatic heterocycles. The lowest BCUT2D eigenvalue weighted by molar-refractivity contribution is 0.563. The number of unbranched alkanes of at least 4 members (excludes halogenated alkanes) is 1. The van der Waals surface area contributed by atoms with Crippen molar-refractivity contribution >= 4 is 0 Å². The fourth-order valence-electron chi connectivity index (χ4n) is 1.54. The Morgan fingerprint density at radius 3 is 2.60 bits per heavy atom. The van der Waals surface area contributed by atoms with Gasteiger partial charge in [-0.1, -0.05) is 36.8 Å². The van der Waals surface area contributed by atoms with E-state index in [9.17, 15) is 0 Å². The van der Waals surface area contributed by atoms with Gasteiger partial charge in [-0.15, -0.1) is 0 Å². The van der Waals surface area contributed by atoms with Gasteiger partial charge in [0.05, 0.1) is 0 Å². The molecule has 3 N–H and O–H groups in total. The molecule has 0 heterocycles. The molecular formula is C13H22N2. The molecule has 1 aromatic carbocycles. The summed E-state index contributed by atoms with van der Waals surface area (Å²) in [5.41, 5.74) is 7.03. The summed E-state index contributed by atoms with van der Waals surface area (Å²) in [5.74, 6) is 0. The molecule has 0 amide bonds. The van der Waals surface area contributed by atoms with Gasteiger partial charge in [0.2, 0.25) is 0 Å². The third-order valence-electron chi connectivity index (χ3n) is 2.43. The first kappa shape index (κ1) is 12.2. The molecule has 0 fully saturated rings. The Bertz CT molecular complexity index is 244. The van der Waals surface area contributed by atoms with Crippen LogP contribution in [-0.2, 0) is 6.54 Å². The first-order valence-corrected chi connectivity index (χ1v) is 5.79. The van der Waals surface area contributed by atoms with Gasteiger partial charge < -0.3 is 11.1 Å². The predicted molar refractivity (Wildman–Crippen MR) is 65.6 cm³/mol. The second kappa shape index (κ2) is 7.43. The Kier molecular flexibility index (Phi) is 6.05. The van der Waals surface area contributed by atoms with Crippen LogP contribution in [0.5, 0.6) is 0 Å². The summed E-state index contributed by atoms with van der Waals surface area (Å²) in [5, 5.41) is 3.43. The number of benzene rings is 1. The minimum absolute atomic E-state index is 0.346. The van der Waals surface area contributed by atoms with Gasteiger partial charge in [0.15, 0.2) is 0 Å². The molecule has 84 valence electrons. The van der Waals surface area contributed by atoms with Gasteiger partial charge in [0.1, 0.15) is 0 Å². The molecule has 0 aromatic heterocycles. The number of rotatable bonds is 7. The lowest BCUT2D eigenvalue weighted by Gasteiger charge is -2.06. The van der Waals surface area contributed by atoms with Crippen LogP contribution in [0.4, 0.5) is 0 Å². The zero-order valence-corrected chi connectivity index (χ0v) is 9.58. The SMILES string of the molecule is CC(N)CCCCNCc1ccccc1. The lowest BCUT2D eigenvalue weighted by Crippen LogP contribution is -2.17. The summed E-state index contributed by atoms with van der Waals surface area (Å²) >= 11 is 0. The van der Waals surface area contributed by atoms with E-state index in [0.29, 0.717) is 6.04 Å². The van der Waals surface area contributed by atoms with Gasteiger partial charge in [-0.05, 0) is 31.9 Å². The van der Waals surface area contributed by atoms with Crippen LogP contribution in [0.2, 0.25) is 0 Å². The zero-order chi connectivity index (χ0) is 10.9. The van der Waals surface area contributed by atoms with E-state index in [0.717, 1.165) is 19.5 Å². The molecule has 1 aromatic rings. The van der Waals surface area contributed by atoms with Crippen molar-refractivity contribution in [2.75, 3.05) is 6.54 Å². The lowest BCUT2D eigenvalue weighted by atomic mass is 10.1. The van der Waals surface area contributed by atoms with Crippen LogP contribution in [0.3, 0.4) is 0 Å². The van der Waals surface area contributed by atoms with E-state index >= 15 is 0 Å². The predicted octanol–water partition coefficient (Wildman–Crippen LogP) is 2.29. The molecule has 0 aliphatic rings. The summed E-state index contributed by atoms with van der Waals surface area (Å²) in [6.07, 6.45) is 3.57. The minimum Gasteiger partial charge on any atom is -0.328 e. The molecule has 0 spiro atoms. The van der Waals surface area contributed by atoms with Gasteiger partial charge in [-0.2, -0.15) is 0 Å². The van der Waals surface area contributed by atoms with Crippen molar-refractivity contribution in [3.63, 3.8) is 0 Å². The molecule has 0 aliphatic carbocycles. The van der Waals surface area contributed by atoms with Crippen molar-refractivity contribution in [2.45, 2.75) is 38.8 Å². The van der Waals surface area contributed by atoms with Crippen LogP contribution in [0.15, 0.2) is 30.3 Å². The summed E-state index contributed by atoms with van der Waals surface area (Å²) in [4.78, 5) is 0. The highest BCUT2D eigenvalue weighted by atomic mass is 14.8. The number of nitrogens with two attached hydrogens (primary N) is 1. The van der Waals surface area contributed by atoms with Gasteiger partial charge in [0, 0.05) is 12.6 Å². The molecule has 0 saturated heterocycles. The number of nitrogens with one attached hydrogen (secondary N) is 1. The Morgan fingerprint density at radius 2 is 1.93 bits per heavy atom. The second-order valence-electron chi connectivity index (χ2n) is 4.14. The van der Waals surface area contributed by atoms with Crippen LogP contribution in [-0.4, -0.2) is 12.6 Å². The van der Waals surface area contributed by atoms with Crippen LogP contribution in [0, 0.1) is 0 Å². The zero-order valence-electron chi connectivity index (χ0n) is 9.58. The Labute approximate surface area is 92.9 Å². The van der Waals surface area contributed by atoms with Crippen LogP contribution < -0.4 is 11.1 Å². The third kappa shape index (κ3) is 6.26. The number of hydrogen-bond donors (Lipinski definition) is 2. The first-order valence-electron chi connectivity index (χ1n) is 5.79. The number of hydrogen-bond acceptors (Lipinski definition) is 2. The van der Waals surface area contributed by atoms with Crippen LogP contribution in [0.25, 0.3) is 0 Å². The summed E-state index contributed by atoms with van der Waals surface area (Å²) in [6, 6.07) is 10.8. The highest BCUT2D eigenvalue weighted by molar-refractivity contribution is 5.14. The van der Waals surface area contributed by atoms with Gasteiger partial charge >= 0.3 is 0 Å². The third-order valence-corrected chi connectivity index (χ3v) is 2.43. The van der Waals surface area contributed by atoms with E-state index in [-0.39, 0.29) is 0 Å². The first-order chi connectivity index (χ1) is 7.29. The summed E-state index contributed by atoms with van der Waals surface area (Å²) < 4.78 is 0. The summed E-state index contributed by atoms with van der Waals surface area (Å²) in [6.45, 7) is 4.12. The van der Waals surface area contributed by atoms with Crippen molar-refractivity contribution in [1.82, 2.24) is 5.32 Å². The van der Waals surface area contributed by atoms with E-state index in [1.54, 1.807) is 0 Å². The normalized spacial score (nSPS) is 12.7. The monoisotopic (exact) mass is 206 g/mol. The molecule has 15 heavy (non-hydrogen) atoms. The Morgan fingerprint density at radius 1 is 1.20 bits per heavy atom. The Hall–Kier alpha value is -0.860. The molecule has 1 rings (SSSR count). The molecule has 0 saturated carbocycles. The van der Waals surface area contributed by atoms with Crippen molar-refractivity contribution in [2.24, 2.45) is 5.73 Å². The van der Waals surface area contributed by atoms with Crippen molar-refractivity contribution in [3.05, 3.63) is 35.9 Å². The van der Waals surface area contributed by atoms with Crippen LogP contribution >= 0.6 is 0 Å². The molecule has 0 bridgehead atoms. The molecular weight excluding hydrogens is 184 g/mol. The van der Waals surface area contributed by atoms with Gasteiger partial charge in [-0.25, -0.2) is 0 Å². The maximum atomic E-state index is 5.68. The quantitative estimate of drug-likeness (QED) is 0.672. The van der Waals surface area contributed by atoms with Gasteiger partial charge in [0.25, 0.3) is 0 Å². The maximum absolute atomic E-state index is 5.68. The van der Waals surface area contributed by atoms with E-state index in [1.807, 2.05) is 6.07 Å². The summed E-state index contributed by atoms with van der Waals surface area (Å²) in [7, 11) is 0. The van der Waals surface area contributed by atoms with E-state index in [1.165, 1.54) is 18.4 Å². The van der Waals surface area contributed by atoms with E-state index in [4.69, 9.17) is 5.73 Å². The topological polar surface area (TPSA) is 38.0 Å². The molecule has 0 radical (unpaired) electrons. The molecule has 1 atom stereocenters. The smallest absolute Gasteiger partial charge is 0.0205 e. The molecule has 1 unspecified atom stereocenters. The largest absolute Gasteiger partial charge is 0.328 e. The molecule has 2 heteroatoms. The fraction of sp³-hybridized carbons (Fsp3) is 0.538. The second-order valence-corrected chi connectivity index (χ2v) is 4.14. The van der Waals surface area contributed by atoms with E-state index in [2.05, 4.69) is 36.5 Å². The average molecular weight is 206 g/mol. The maximum Gasteiger partial charge on any atom is 0.0205 e. The fourth-order valence-corrected chi connectivity index (χ4v) is 1.54. The van der Waals surface area contributed by atoms with Gasteiger partial charge in [-0.3, -0.25) is 0 Å². The Balaban J connectivity index is 1.98. The van der Waals surface area contributed by atoms with Crippen molar-refractivity contribution in [3.8, 4) is 0 Å². The van der Waals surface area contributed by atoms with Crippen LogP contribution in [0.1, 0.15) is 31.7 Å². The van der Waals surface area contributed by atoms with Crippen molar-refractivity contribution < 1.29 is 0 Å².